The first kappa shape index (κ1) is 25.4. The molecule has 0 saturated heterocycles. The van der Waals surface area contributed by atoms with Crippen LogP contribution >= 0.6 is 0 Å². The van der Waals surface area contributed by atoms with Gasteiger partial charge < -0.3 is 15.7 Å². The van der Waals surface area contributed by atoms with Crippen LogP contribution in [-0.2, 0) is 11.2 Å². The number of nitrogens with zero attached hydrogens (tertiary/aromatic N) is 1. The fraction of sp³-hybridized carbons (Fsp3) is 0.229. The van der Waals surface area contributed by atoms with Crippen LogP contribution in [0, 0.1) is 17.7 Å². The molecule has 0 bridgehead atoms. The van der Waals surface area contributed by atoms with Gasteiger partial charge in [0.05, 0.1) is 23.8 Å². The van der Waals surface area contributed by atoms with Crippen LogP contribution in [0.15, 0.2) is 120 Å². The summed E-state index contributed by atoms with van der Waals surface area (Å²) in [4.78, 5) is 16.7. The Balaban J connectivity index is 1.13. The van der Waals surface area contributed by atoms with E-state index in [-0.39, 0.29) is 23.7 Å². The van der Waals surface area contributed by atoms with Gasteiger partial charge in [-0.3, -0.25) is 9.80 Å². The van der Waals surface area contributed by atoms with E-state index in [0.29, 0.717) is 12.3 Å². The number of halogens is 1. The van der Waals surface area contributed by atoms with Crippen LogP contribution in [0.3, 0.4) is 0 Å². The number of aromatic amines is 1. The molecule has 3 aliphatic rings. The minimum absolute atomic E-state index is 0.0346. The lowest BCUT2D eigenvalue weighted by Crippen LogP contribution is -2.32. The fourth-order valence-corrected chi connectivity index (χ4v) is 6.91. The van der Waals surface area contributed by atoms with Crippen molar-refractivity contribution in [3.8, 4) is 0 Å². The number of H-pyrrole nitrogens is 1. The molecule has 3 N–H and O–H groups in total. The van der Waals surface area contributed by atoms with Gasteiger partial charge >= 0.3 is 0 Å². The second kappa shape index (κ2) is 10.4. The second-order valence-corrected chi connectivity index (χ2v) is 11.3. The van der Waals surface area contributed by atoms with Gasteiger partial charge in [0, 0.05) is 34.8 Å². The highest BCUT2D eigenvalue weighted by Gasteiger charge is 2.39. The summed E-state index contributed by atoms with van der Waals surface area (Å²) in [5.41, 5.74) is 12.8. The molecule has 0 spiro atoms. The van der Waals surface area contributed by atoms with Gasteiger partial charge in [-0.05, 0) is 78.3 Å². The van der Waals surface area contributed by atoms with E-state index < -0.39 is 0 Å². The molecular weight excluding hydrogens is 511 g/mol. The van der Waals surface area contributed by atoms with Crippen LogP contribution in [0.25, 0.3) is 10.9 Å². The molecule has 2 aliphatic carbocycles. The predicted molar refractivity (Wildman–Crippen MR) is 161 cm³/mol. The van der Waals surface area contributed by atoms with Crippen molar-refractivity contribution in [1.82, 2.24) is 15.7 Å². The van der Waals surface area contributed by atoms with E-state index in [0.717, 1.165) is 52.7 Å². The molecule has 3 atom stereocenters. The Morgan fingerprint density at radius 2 is 1.83 bits per heavy atom. The van der Waals surface area contributed by atoms with Crippen molar-refractivity contribution < 1.29 is 9.18 Å². The summed E-state index contributed by atoms with van der Waals surface area (Å²) < 4.78 is 13.5. The van der Waals surface area contributed by atoms with Crippen LogP contribution in [0.5, 0.6) is 0 Å². The van der Waals surface area contributed by atoms with E-state index in [9.17, 15) is 9.18 Å². The van der Waals surface area contributed by atoms with Crippen LogP contribution in [0.2, 0.25) is 0 Å². The van der Waals surface area contributed by atoms with Gasteiger partial charge in [0.1, 0.15) is 5.82 Å². The molecule has 0 saturated carbocycles. The van der Waals surface area contributed by atoms with Gasteiger partial charge in [0.15, 0.2) is 0 Å². The number of nitrogens with one attached hydrogen (secondary N) is 3. The van der Waals surface area contributed by atoms with Crippen LogP contribution in [0.1, 0.15) is 43.4 Å². The number of anilines is 1. The molecular formula is C35H33FN4O. The number of amides is 1. The van der Waals surface area contributed by atoms with E-state index in [1.165, 1.54) is 28.9 Å². The summed E-state index contributed by atoms with van der Waals surface area (Å²) >= 11 is 0. The number of allylic oxidation sites excluding steroid dienone is 4. The third-order valence-electron chi connectivity index (χ3n) is 8.87. The monoisotopic (exact) mass is 544 g/mol. The number of fused-ring (bicyclic) bond motifs is 2. The van der Waals surface area contributed by atoms with Crippen molar-refractivity contribution >= 4 is 22.5 Å². The lowest BCUT2D eigenvalue weighted by atomic mass is 9.78. The average molecular weight is 545 g/mol. The third kappa shape index (κ3) is 4.73. The Hall–Kier alpha value is -4.58. The Morgan fingerprint density at radius 3 is 2.66 bits per heavy atom. The zero-order chi connectivity index (χ0) is 27.9. The summed E-state index contributed by atoms with van der Waals surface area (Å²) in [6.45, 7) is 2.29. The first-order valence-corrected chi connectivity index (χ1v) is 14.4. The molecule has 5 nitrogen and oxygen atoms in total. The zero-order valence-corrected chi connectivity index (χ0v) is 23.0. The molecule has 1 aliphatic heterocycles. The Labute approximate surface area is 239 Å². The molecule has 3 aromatic carbocycles. The summed E-state index contributed by atoms with van der Waals surface area (Å²) in [5.74, 6) is 0.426. The number of carbonyl (C=O) groups excluding carboxylic acids is 1. The number of hydrogen-bond donors (Lipinski definition) is 3. The van der Waals surface area contributed by atoms with Crippen LogP contribution < -0.4 is 15.8 Å². The molecule has 4 aromatic rings. The lowest BCUT2D eigenvalue weighted by molar-refractivity contribution is -0.121. The zero-order valence-electron chi connectivity index (χ0n) is 23.0. The molecule has 2 heterocycles. The summed E-state index contributed by atoms with van der Waals surface area (Å²) in [6, 6.07) is 25.0. The van der Waals surface area contributed by atoms with Crippen molar-refractivity contribution in [3.63, 3.8) is 0 Å². The average Bonchev–Trinajstić information content (AvgIpc) is 3.72. The molecule has 206 valence electrons. The molecule has 0 fully saturated rings. The SMILES string of the molecule is C[C@H]1C2=CNN(c3ccc(F)cc3)C2=CC2=C1[C@@H](CC(NC(=O)Cc1c[nH]c3ccccc13)c1ccccc1)CC2. The second-order valence-electron chi connectivity index (χ2n) is 11.3. The highest BCUT2D eigenvalue weighted by Crippen LogP contribution is 2.49. The smallest absolute Gasteiger partial charge is 0.224 e. The maximum absolute atomic E-state index is 13.5. The minimum atomic E-state index is -0.239. The normalized spacial score (nSPS) is 20.3. The maximum atomic E-state index is 13.5. The topological polar surface area (TPSA) is 60.2 Å². The van der Waals surface area contributed by atoms with Crippen molar-refractivity contribution in [1.29, 1.82) is 0 Å². The van der Waals surface area contributed by atoms with Gasteiger partial charge in [-0.15, -0.1) is 0 Å². The summed E-state index contributed by atoms with van der Waals surface area (Å²) in [6.07, 6.45) is 9.61. The number of hydrazine groups is 1. The molecule has 1 amide bonds. The van der Waals surface area contributed by atoms with Crippen LogP contribution in [0.4, 0.5) is 10.1 Å². The number of hydrogen-bond acceptors (Lipinski definition) is 3. The van der Waals surface area contributed by atoms with Gasteiger partial charge in [0.2, 0.25) is 5.91 Å². The van der Waals surface area contributed by atoms with E-state index in [1.54, 1.807) is 12.1 Å². The van der Waals surface area contributed by atoms with Gasteiger partial charge in [-0.2, -0.15) is 0 Å². The molecule has 1 unspecified atom stereocenters. The molecule has 0 radical (unpaired) electrons. The van der Waals surface area contributed by atoms with E-state index in [2.05, 4.69) is 53.1 Å². The standard InChI is InChI=1S/C35H33FN4O/c1-22-30-21-38-40(28-15-13-27(36)14-16-28)33(30)18-25-12-11-24(35(22)25)17-32(23-7-3-2-4-8-23)39-34(41)19-26-20-37-31-10-6-5-9-29(26)31/h2-10,13-16,18,20-22,24,32,37-38H,11-12,17,19H2,1H3,(H,39,41)/t22-,24+,32?/m0/s1. The van der Waals surface area contributed by atoms with Crippen molar-refractivity contribution in [2.45, 2.75) is 38.6 Å². The van der Waals surface area contributed by atoms with Crippen LogP contribution in [-0.4, -0.2) is 10.9 Å². The number of carbonyl (C=O) groups is 1. The lowest BCUT2D eigenvalue weighted by Gasteiger charge is -2.31. The highest BCUT2D eigenvalue weighted by molar-refractivity contribution is 5.89. The molecule has 7 rings (SSSR count). The van der Waals surface area contributed by atoms with E-state index in [4.69, 9.17) is 0 Å². The highest BCUT2D eigenvalue weighted by atomic mass is 19.1. The number of aromatic nitrogens is 1. The summed E-state index contributed by atoms with van der Waals surface area (Å²) in [5, 5.41) is 6.53. The van der Waals surface area contributed by atoms with Crippen molar-refractivity contribution in [2.24, 2.45) is 11.8 Å². The largest absolute Gasteiger partial charge is 0.361 e. The number of para-hydroxylation sites is 1. The minimum Gasteiger partial charge on any atom is -0.361 e. The number of benzene rings is 3. The van der Waals surface area contributed by atoms with Gasteiger partial charge in [0.25, 0.3) is 0 Å². The van der Waals surface area contributed by atoms with Crippen molar-refractivity contribution in [3.05, 3.63) is 137 Å². The maximum Gasteiger partial charge on any atom is 0.224 e. The first-order chi connectivity index (χ1) is 20.0. The summed E-state index contributed by atoms with van der Waals surface area (Å²) in [7, 11) is 0. The van der Waals surface area contributed by atoms with E-state index >= 15 is 0 Å². The van der Waals surface area contributed by atoms with E-state index in [1.807, 2.05) is 47.6 Å². The Bertz CT molecular complexity index is 1700. The molecule has 6 heteroatoms. The quantitative estimate of drug-likeness (QED) is 0.230. The fourth-order valence-electron chi connectivity index (χ4n) is 6.91. The molecule has 1 aromatic heterocycles. The van der Waals surface area contributed by atoms with Gasteiger partial charge in [-0.25, -0.2) is 4.39 Å². The predicted octanol–water partition coefficient (Wildman–Crippen LogP) is 7.25. The van der Waals surface area contributed by atoms with Crippen molar-refractivity contribution in [2.75, 3.05) is 5.01 Å². The Kier molecular flexibility index (Phi) is 6.46. The van der Waals surface area contributed by atoms with Gasteiger partial charge in [-0.1, -0.05) is 61.0 Å². The first-order valence-electron chi connectivity index (χ1n) is 14.4. The molecule has 41 heavy (non-hydrogen) atoms. The Morgan fingerprint density at radius 1 is 1.05 bits per heavy atom. The number of rotatable bonds is 7. The third-order valence-corrected chi connectivity index (χ3v) is 8.87.